The highest BCUT2D eigenvalue weighted by atomic mass is 35.5. The lowest BCUT2D eigenvalue weighted by atomic mass is 10.1. The van der Waals surface area contributed by atoms with Crippen molar-refractivity contribution in [1.29, 1.82) is 0 Å². The monoisotopic (exact) mass is 966 g/mol. The Labute approximate surface area is 399 Å². The highest BCUT2D eigenvalue weighted by Gasteiger charge is 2.31. The van der Waals surface area contributed by atoms with Crippen molar-refractivity contribution in [3.8, 4) is 23.0 Å². The van der Waals surface area contributed by atoms with Crippen molar-refractivity contribution in [3.63, 3.8) is 0 Å². The highest BCUT2D eigenvalue weighted by molar-refractivity contribution is 5.95. The molecule has 0 amide bonds. The van der Waals surface area contributed by atoms with Crippen LogP contribution in [0.4, 0.5) is 20.2 Å². The summed E-state index contributed by atoms with van der Waals surface area (Å²) < 4.78 is 56.2. The van der Waals surface area contributed by atoms with Crippen LogP contribution in [-0.2, 0) is 13.1 Å². The Hall–Kier alpha value is -6.89. The molecule has 69 heavy (non-hydrogen) atoms. The van der Waals surface area contributed by atoms with Crippen LogP contribution in [0.25, 0.3) is 21.8 Å². The first-order valence-corrected chi connectivity index (χ1v) is 22.9. The van der Waals surface area contributed by atoms with E-state index in [1.54, 1.807) is 12.1 Å². The highest BCUT2D eigenvalue weighted by Crippen LogP contribution is 2.41. The fourth-order valence-electron chi connectivity index (χ4n) is 9.82. The Morgan fingerprint density at radius 3 is 1.32 bits per heavy atom. The average molecular weight is 967 g/mol. The van der Waals surface area contributed by atoms with Gasteiger partial charge in [-0.05, 0) is 62.1 Å². The van der Waals surface area contributed by atoms with E-state index in [1.807, 2.05) is 55.3 Å². The number of anilines is 2. The van der Waals surface area contributed by atoms with Gasteiger partial charge in [0.1, 0.15) is 22.8 Å². The van der Waals surface area contributed by atoms with Crippen LogP contribution in [0.2, 0.25) is 0 Å². The molecule has 0 unspecified atom stereocenters. The third-order valence-corrected chi connectivity index (χ3v) is 13.7. The molecule has 0 radical (unpaired) electrons. The first-order chi connectivity index (χ1) is 33.0. The van der Waals surface area contributed by atoms with Gasteiger partial charge in [0.25, 0.3) is 0 Å². The molecule has 6 aromatic rings. The van der Waals surface area contributed by atoms with Crippen molar-refractivity contribution >= 4 is 57.5 Å². The molecule has 0 bridgehead atoms. The maximum Gasteiger partial charge on any atom is 0.341 e. The second kappa shape index (κ2) is 18.5. The summed E-state index contributed by atoms with van der Waals surface area (Å²) in [5, 5.41) is 19.1. The summed E-state index contributed by atoms with van der Waals surface area (Å²) in [7, 11) is 0. The Balaban J connectivity index is 0.000000158. The molecule has 4 fully saturated rings. The second-order valence-electron chi connectivity index (χ2n) is 18.1. The van der Waals surface area contributed by atoms with Gasteiger partial charge in [-0.2, -0.15) is 0 Å². The molecule has 4 aliphatic heterocycles. The van der Waals surface area contributed by atoms with E-state index in [0.29, 0.717) is 48.6 Å². The molecular weight excluding hydrogens is 918 g/mol. The molecule has 360 valence electrons. The number of carboxylic acid groups (broad SMARTS) is 2. The molecule has 0 spiro atoms. The lowest BCUT2D eigenvalue weighted by Crippen LogP contribution is -2.46. The van der Waals surface area contributed by atoms with E-state index in [-0.39, 0.29) is 60.0 Å². The van der Waals surface area contributed by atoms with Gasteiger partial charge in [0.15, 0.2) is 23.0 Å². The van der Waals surface area contributed by atoms with Crippen LogP contribution >= 0.6 is 12.4 Å². The molecule has 16 nitrogen and oxygen atoms in total. The predicted octanol–water partition coefficient (Wildman–Crippen LogP) is 6.87. The van der Waals surface area contributed by atoms with Gasteiger partial charge in [-0.15, -0.1) is 12.4 Å². The summed E-state index contributed by atoms with van der Waals surface area (Å²) in [5.74, 6) is -0.465. The summed E-state index contributed by atoms with van der Waals surface area (Å²) in [6, 6.07) is 17.9. The average Bonchev–Trinajstić information content (AvgIpc) is 4.26. The van der Waals surface area contributed by atoms with Crippen molar-refractivity contribution in [2.75, 3.05) is 75.7 Å². The number of hydrogen-bond donors (Lipinski definition) is 2. The summed E-state index contributed by atoms with van der Waals surface area (Å²) in [6.07, 6.45) is 6.49. The first kappa shape index (κ1) is 45.9. The standard InChI is InChI=1S/2C25H24FN3O5.ClH/c2*26-19-10-17-20(29(16-4-5-16)13-18(23(17)30)25(31)32)11-21(19)28-8-6-27(7-9-28)12-15-2-1-3-22-24(15)34-14-33-22;/h2*1-3,10-11,13,16H,4-9,12,14H2,(H,31,32);1H. The van der Waals surface area contributed by atoms with Crippen LogP contribution in [0.1, 0.15) is 69.6 Å². The number of carbonyl (C=O) groups is 2. The normalized spacial score (nSPS) is 17.7. The van der Waals surface area contributed by atoms with E-state index in [0.717, 1.165) is 99.1 Å². The number of fused-ring (bicyclic) bond motifs is 4. The fraction of sp³-hybridized carbons (Fsp3) is 0.360. The van der Waals surface area contributed by atoms with Crippen molar-refractivity contribution in [2.24, 2.45) is 0 Å². The third-order valence-electron chi connectivity index (χ3n) is 13.7. The SMILES string of the molecule is Cl.O=C(O)c1cn(C2CC2)c2cc(N3CCN(Cc4cccc5c4OCO5)CC3)c(F)cc2c1=O.O=C(O)c1cn(C2CC2)c2cc(N3CCN(Cc4cccc5c4OCO5)CC3)c(F)cc2c1=O. The van der Waals surface area contributed by atoms with Gasteiger partial charge in [0, 0.05) is 112 Å². The molecule has 2 aromatic heterocycles. The Kier molecular flexibility index (Phi) is 12.3. The third kappa shape index (κ3) is 8.87. The largest absolute Gasteiger partial charge is 0.477 e. The van der Waals surface area contributed by atoms with Crippen molar-refractivity contribution in [2.45, 2.75) is 50.9 Å². The summed E-state index contributed by atoms with van der Waals surface area (Å²) in [6.45, 7) is 7.44. The van der Waals surface area contributed by atoms with Crippen LogP contribution in [0, 0.1) is 11.6 Å². The van der Waals surface area contributed by atoms with Gasteiger partial charge >= 0.3 is 11.9 Å². The molecule has 6 aliphatic rings. The predicted molar refractivity (Wildman–Crippen MR) is 254 cm³/mol. The number of pyridine rings is 2. The van der Waals surface area contributed by atoms with E-state index in [9.17, 15) is 29.4 Å². The van der Waals surface area contributed by atoms with Crippen LogP contribution in [-0.4, -0.2) is 107 Å². The van der Waals surface area contributed by atoms with Crippen LogP contribution in [0.15, 0.2) is 82.6 Å². The second-order valence-corrected chi connectivity index (χ2v) is 18.1. The van der Waals surface area contributed by atoms with E-state index in [2.05, 4.69) is 9.80 Å². The van der Waals surface area contributed by atoms with Gasteiger partial charge in [0.2, 0.25) is 24.4 Å². The molecule has 2 aliphatic carbocycles. The van der Waals surface area contributed by atoms with Gasteiger partial charge < -0.3 is 48.1 Å². The number of hydrogen-bond acceptors (Lipinski definition) is 12. The Morgan fingerprint density at radius 1 is 0.565 bits per heavy atom. The Bertz CT molecular complexity index is 2930. The van der Waals surface area contributed by atoms with Crippen LogP contribution in [0.3, 0.4) is 0 Å². The number of ether oxygens (including phenoxy) is 4. The maximum absolute atomic E-state index is 15.2. The van der Waals surface area contributed by atoms with E-state index >= 15 is 8.78 Å². The number of aromatic nitrogens is 2. The number of aromatic carboxylic acids is 2. The maximum atomic E-state index is 15.2. The molecular formula is C50H49ClF2N6O10. The number of para-hydroxylation sites is 2. The van der Waals surface area contributed by atoms with Gasteiger partial charge in [-0.3, -0.25) is 19.4 Å². The van der Waals surface area contributed by atoms with Crippen molar-refractivity contribution in [3.05, 3.63) is 127 Å². The minimum atomic E-state index is -1.29. The number of benzene rings is 4. The topological polar surface area (TPSA) is 168 Å². The van der Waals surface area contributed by atoms with Crippen LogP contribution in [0.5, 0.6) is 23.0 Å². The number of piperazine rings is 2. The molecule has 2 N–H and O–H groups in total. The molecule has 4 aromatic carbocycles. The van der Waals surface area contributed by atoms with Gasteiger partial charge in [-0.25, -0.2) is 18.4 Å². The van der Waals surface area contributed by atoms with E-state index < -0.39 is 34.4 Å². The number of nitrogens with zero attached hydrogens (tertiary/aromatic N) is 6. The molecule has 6 heterocycles. The number of halogens is 3. The lowest BCUT2D eigenvalue weighted by Gasteiger charge is -2.36. The summed E-state index contributed by atoms with van der Waals surface area (Å²) >= 11 is 0. The van der Waals surface area contributed by atoms with Gasteiger partial charge in [-0.1, -0.05) is 24.3 Å². The lowest BCUT2D eigenvalue weighted by molar-refractivity contribution is 0.0684. The minimum absolute atomic E-state index is 0. The first-order valence-electron chi connectivity index (χ1n) is 22.9. The Morgan fingerprint density at radius 2 is 0.957 bits per heavy atom. The fourth-order valence-corrected chi connectivity index (χ4v) is 9.82. The van der Waals surface area contributed by atoms with E-state index in [1.165, 1.54) is 24.5 Å². The van der Waals surface area contributed by atoms with Crippen molar-refractivity contribution in [1.82, 2.24) is 18.9 Å². The zero-order chi connectivity index (χ0) is 46.8. The minimum Gasteiger partial charge on any atom is -0.477 e. The van der Waals surface area contributed by atoms with Crippen molar-refractivity contribution < 1.29 is 47.5 Å². The van der Waals surface area contributed by atoms with Crippen LogP contribution < -0.4 is 39.6 Å². The quantitative estimate of drug-likeness (QED) is 0.146. The molecule has 2 saturated heterocycles. The van der Waals surface area contributed by atoms with E-state index in [4.69, 9.17) is 18.9 Å². The zero-order valence-corrected chi connectivity index (χ0v) is 38.2. The zero-order valence-electron chi connectivity index (χ0n) is 37.4. The summed E-state index contributed by atoms with van der Waals surface area (Å²) in [5.41, 5.74) is 2.30. The molecule has 12 rings (SSSR count). The van der Waals surface area contributed by atoms with Gasteiger partial charge in [0.05, 0.1) is 22.4 Å². The molecule has 19 heteroatoms. The number of carboxylic acids is 2. The smallest absolute Gasteiger partial charge is 0.341 e. The summed E-state index contributed by atoms with van der Waals surface area (Å²) in [4.78, 5) is 57.1. The molecule has 2 saturated carbocycles. The number of rotatable bonds is 10. The molecule has 0 atom stereocenters.